The van der Waals surface area contributed by atoms with Crippen LogP contribution in [0.3, 0.4) is 0 Å². The summed E-state index contributed by atoms with van der Waals surface area (Å²) in [6.07, 6.45) is 1.82. The first-order valence-corrected chi connectivity index (χ1v) is 5.38. The van der Waals surface area contributed by atoms with Crippen LogP contribution in [0.15, 0.2) is 18.2 Å². The Morgan fingerprint density at radius 2 is 1.89 bits per heavy atom. The summed E-state index contributed by atoms with van der Waals surface area (Å²) in [6, 6.07) is 2.14. The Bertz CT molecular complexity index is 489. The Morgan fingerprint density at radius 3 is 2.50 bits per heavy atom. The van der Waals surface area contributed by atoms with Crippen LogP contribution < -0.4 is 16.2 Å². The summed E-state index contributed by atoms with van der Waals surface area (Å²) in [7, 11) is 0. The third-order valence-electron chi connectivity index (χ3n) is 2.38. The van der Waals surface area contributed by atoms with Crippen LogP contribution in [0, 0.1) is 11.6 Å². The number of hydrazine groups is 1. The van der Waals surface area contributed by atoms with Gasteiger partial charge in [0.1, 0.15) is 11.6 Å². The number of carbonyl (C=O) groups excluding carboxylic acids is 2. The minimum Gasteiger partial charge on any atom is -0.334 e. The predicted octanol–water partition coefficient (Wildman–Crippen LogP) is 1.07. The Labute approximate surface area is 102 Å². The molecule has 1 saturated carbocycles. The zero-order valence-electron chi connectivity index (χ0n) is 9.30. The van der Waals surface area contributed by atoms with Gasteiger partial charge in [-0.05, 0) is 25.0 Å². The monoisotopic (exact) mass is 255 g/mol. The van der Waals surface area contributed by atoms with E-state index < -0.39 is 23.6 Å². The molecule has 96 valence electrons. The second-order valence-electron chi connectivity index (χ2n) is 3.95. The van der Waals surface area contributed by atoms with Gasteiger partial charge < -0.3 is 5.32 Å². The summed E-state index contributed by atoms with van der Waals surface area (Å²) < 4.78 is 25.8. The van der Waals surface area contributed by atoms with E-state index in [9.17, 15) is 18.4 Å². The maximum Gasteiger partial charge on any atom is 0.333 e. The number of benzene rings is 1. The quantitative estimate of drug-likeness (QED) is 0.692. The lowest BCUT2D eigenvalue weighted by molar-refractivity contribution is 0.0932. The molecular weight excluding hydrogens is 244 g/mol. The van der Waals surface area contributed by atoms with E-state index >= 15 is 0 Å². The van der Waals surface area contributed by atoms with Gasteiger partial charge in [0.2, 0.25) is 0 Å². The fourth-order valence-corrected chi connectivity index (χ4v) is 1.30. The van der Waals surface area contributed by atoms with Crippen LogP contribution in [0.25, 0.3) is 0 Å². The summed E-state index contributed by atoms with van der Waals surface area (Å²) in [6.45, 7) is 0. The van der Waals surface area contributed by atoms with E-state index in [-0.39, 0.29) is 11.6 Å². The van der Waals surface area contributed by atoms with Crippen molar-refractivity contribution in [1.82, 2.24) is 16.2 Å². The maximum absolute atomic E-state index is 13.2. The van der Waals surface area contributed by atoms with Crippen LogP contribution in [0.1, 0.15) is 23.2 Å². The number of hydrogen-bond donors (Lipinski definition) is 3. The lowest BCUT2D eigenvalue weighted by Gasteiger charge is -2.08. The van der Waals surface area contributed by atoms with Crippen molar-refractivity contribution in [2.75, 3.05) is 0 Å². The Kier molecular flexibility index (Phi) is 3.40. The first-order chi connectivity index (χ1) is 8.56. The van der Waals surface area contributed by atoms with Gasteiger partial charge in [-0.1, -0.05) is 0 Å². The van der Waals surface area contributed by atoms with Crippen molar-refractivity contribution in [2.24, 2.45) is 0 Å². The maximum atomic E-state index is 13.2. The van der Waals surface area contributed by atoms with Crippen LogP contribution in [0.2, 0.25) is 0 Å². The number of halogens is 2. The molecule has 18 heavy (non-hydrogen) atoms. The second-order valence-corrected chi connectivity index (χ2v) is 3.95. The summed E-state index contributed by atoms with van der Waals surface area (Å²) >= 11 is 0. The first-order valence-electron chi connectivity index (χ1n) is 5.38. The summed E-state index contributed by atoms with van der Waals surface area (Å²) in [5.41, 5.74) is 3.77. The highest BCUT2D eigenvalue weighted by Crippen LogP contribution is 2.18. The van der Waals surface area contributed by atoms with Gasteiger partial charge in [0.05, 0.1) is 5.56 Å². The number of nitrogens with one attached hydrogen (secondary N) is 3. The minimum atomic E-state index is -0.989. The van der Waals surface area contributed by atoms with Crippen molar-refractivity contribution < 1.29 is 18.4 Å². The zero-order valence-corrected chi connectivity index (χ0v) is 9.30. The molecule has 0 aromatic heterocycles. The van der Waals surface area contributed by atoms with E-state index in [1.165, 1.54) is 0 Å². The van der Waals surface area contributed by atoms with Crippen molar-refractivity contribution in [1.29, 1.82) is 0 Å². The number of amides is 3. The molecule has 0 spiro atoms. The van der Waals surface area contributed by atoms with Gasteiger partial charge in [-0.3, -0.25) is 10.2 Å². The minimum absolute atomic E-state index is 0.143. The third-order valence-corrected chi connectivity index (χ3v) is 2.38. The summed E-state index contributed by atoms with van der Waals surface area (Å²) in [5.74, 6) is -2.61. The molecule has 0 aliphatic heterocycles. The molecule has 3 amide bonds. The fourth-order valence-electron chi connectivity index (χ4n) is 1.30. The standard InChI is InChI=1S/C11H11F2N3O2/c12-6-1-4-8(9(13)5-6)10(17)15-16-11(18)14-7-2-3-7/h1,4-5,7H,2-3H2,(H,15,17)(H2,14,16,18). The number of hydrogen-bond acceptors (Lipinski definition) is 2. The molecule has 2 rings (SSSR count). The van der Waals surface area contributed by atoms with E-state index in [1.54, 1.807) is 0 Å². The normalized spacial score (nSPS) is 13.9. The Morgan fingerprint density at radius 1 is 1.17 bits per heavy atom. The van der Waals surface area contributed by atoms with Crippen LogP contribution in [-0.2, 0) is 0 Å². The molecular formula is C11H11F2N3O2. The van der Waals surface area contributed by atoms with Gasteiger partial charge in [0.15, 0.2) is 0 Å². The average Bonchev–Trinajstić information content (AvgIpc) is 3.10. The molecule has 0 radical (unpaired) electrons. The van der Waals surface area contributed by atoms with Crippen molar-refractivity contribution in [3.8, 4) is 0 Å². The molecule has 1 aromatic rings. The molecule has 1 aromatic carbocycles. The van der Waals surface area contributed by atoms with Crippen LogP contribution >= 0.6 is 0 Å². The average molecular weight is 255 g/mol. The van der Waals surface area contributed by atoms with Crippen LogP contribution in [0.4, 0.5) is 13.6 Å². The van der Waals surface area contributed by atoms with Crippen molar-refractivity contribution in [3.05, 3.63) is 35.4 Å². The van der Waals surface area contributed by atoms with Gasteiger partial charge in [0.25, 0.3) is 5.91 Å². The van der Waals surface area contributed by atoms with Gasteiger partial charge in [0, 0.05) is 12.1 Å². The Hall–Kier alpha value is -2.18. The topological polar surface area (TPSA) is 70.2 Å². The summed E-state index contributed by atoms with van der Waals surface area (Å²) in [5, 5.41) is 2.57. The van der Waals surface area contributed by atoms with E-state index in [2.05, 4.69) is 10.7 Å². The van der Waals surface area contributed by atoms with E-state index in [1.807, 2.05) is 5.43 Å². The number of rotatable bonds is 2. The first kappa shape index (κ1) is 12.3. The van der Waals surface area contributed by atoms with E-state index in [0.29, 0.717) is 6.07 Å². The van der Waals surface area contributed by atoms with Gasteiger partial charge in [-0.25, -0.2) is 19.0 Å². The van der Waals surface area contributed by atoms with Crippen molar-refractivity contribution in [3.63, 3.8) is 0 Å². The van der Waals surface area contributed by atoms with Gasteiger partial charge in [-0.15, -0.1) is 0 Å². The van der Waals surface area contributed by atoms with E-state index in [4.69, 9.17) is 0 Å². The molecule has 5 nitrogen and oxygen atoms in total. The molecule has 7 heteroatoms. The molecule has 0 unspecified atom stereocenters. The van der Waals surface area contributed by atoms with Crippen LogP contribution in [0.5, 0.6) is 0 Å². The predicted molar refractivity (Wildman–Crippen MR) is 58.5 cm³/mol. The highest BCUT2D eigenvalue weighted by molar-refractivity contribution is 5.95. The van der Waals surface area contributed by atoms with Crippen molar-refractivity contribution >= 4 is 11.9 Å². The van der Waals surface area contributed by atoms with Crippen molar-refractivity contribution in [2.45, 2.75) is 18.9 Å². The molecule has 1 aliphatic carbocycles. The number of urea groups is 1. The highest BCUT2D eigenvalue weighted by Gasteiger charge is 2.23. The molecule has 0 bridgehead atoms. The molecule has 0 atom stereocenters. The molecule has 1 fully saturated rings. The number of carbonyl (C=O) groups is 2. The molecule has 0 saturated heterocycles. The Balaban J connectivity index is 1.88. The SMILES string of the molecule is O=C(NNC(=O)c1ccc(F)cc1F)NC1CC1. The molecule has 3 N–H and O–H groups in total. The summed E-state index contributed by atoms with van der Waals surface area (Å²) in [4.78, 5) is 22.6. The lowest BCUT2D eigenvalue weighted by atomic mass is 10.2. The van der Waals surface area contributed by atoms with E-state index in [0.717, 1.165) is 25.0 Å². The smallest absolute Gasteiger partial charge is 0.333 e. The molecule has 0 heterocycles. The second kappa shape index (κ2) is 4.99. The largest absolute Gasteiger partial charge is 0.334 e. The zero-order chi connectivity index (χ0) is 13.1. The fraction of sp³-hybridized carbons (Fsp3) is 0.273. The molecule has 1 aliphatic rings. The lowest BCUT2D eigenvalue weighted by Crippen LogP contribution is -2.47. The van der Waals surface area contributed by atoms with Gasteiger partial charge in [-0.2, -0.15) is 0 Å². The highest BCUT2D eigenvalue weighted by atomic mass is 19.1. The van der Waals surface area contributed by atoms with Gasteiger partial charge >= 0.3 is 6.03 Å². The van der Waals surface area contributed by atoms with Crippen LogP contribution in [-0.4, -0.2) is 18.0 Å². The third kappa shape index (κ3) is 3.16.